The summed E-state index contributed by atoms with van der Waals surface area (Å²) in [7, 11) is 1.73. The Morgan fingerprint density at radius 3 is 2.41 bits per heavy atom. The molecule has 0 bridgehead atoms. The van der Waals surface area contributed by atoms with Crippen molar-refractivity contribution in [3.8, 4) is 0 Å². The van der Waals surface area contributed by atoms with Crippen molar-refractivity contribution in [2.24, 2.45) is 0 Å². The number of hydrogen-bond acceptors (Lipinski definition) is 3. The number of halogens is 1. The maximum Gasteiger partial charge on any atom is 0.237 e. The first-order valence-electron chi connectivity index (χ1n) is 9.66. The predicted molar refractivity (Wildman–Crippen MR) is 109 cm³/mol. The van der Waals surface area contributed by atoms with Gasteiger partial charge < -0.3 is 10.6 Å². The molecule has 2 atom stereocenters. The lowest BCUT2D eigenvalue weighted by Crippen LogP contribution is -2.47. The summed E-state index contributed by atoms with van der Waals surface area (Å²) < 4.78 is 0. The van der Waals surface area contributed by atoms with Gasteiger partial charge in [-0.2, -0.15) is 0 Å². The third-order valence-corrected chi connectivity index (χ3v) is 6.15. The van der Waals surface area contributed by atoms with Crippen LogP contribution in [0.4, 0.5) is 0 Å². The quantitative estimate of drug-likeness (QED) is 0.834. The molecule has 1 saturated heterocycles. The van der Waals surface area contributed by atoms with Crippen molar-refractivity contribution in [1.29, 1.82) is 0 Å². The Balaban J connectivity index is 1.43. The molecule has 2 aromatic rings. The molecule has 142 valence electrons. The van der Waals surface area contributed by atoms with Crippen molar-refractivity contribution < 1.29 is 4.79 Å². The maximum absolute atomic E-state index is 12.5. The van der Waals surface area contributed by atoms with E-state index in [1.54, 1.807) is 7.05 Å². The number of benzene rings is 2. The van der Waals surface area contributed by atoms with Crippen LogP contribution in [0, 0.1) is 0 Å². The minimum Gasteiger partial charge on any atom is -0.358 e. The Morgan fingerprint density at radius 2 is 1.78 bits per heavy atom. The number of carbonyl (C=O) groups excluding carboxylic acids is 1. The number of nitrogens with zero attached hydrogens (tertiary/aromatic N) is 1. The summed E-state index contributed by atoms with van der Waals surface area (Å²) >= 11 is 5.97. The molecular formula is C22H26ClN3O. The highest BCUT2D eigenvalue weighted by Crippen LogP contribution is 2.31. The van der Waals surface area contributed by atoms with Crippen LogP contribution in [0.15, 0.2) is 48.5 Å². The minimum absolute atomic E-state index is 0.0583. The molecule has 5 heteroatoms. The van der Waals surface area contributed by atoms with E-state index in [9.17, 15) is 4.79 Å². The van der Waals surface area contributed by atoms with Gasteiger partial charge in [0.05, 0.1) is 6.04 Å². The van der Waals surface area contributed by atoms with E-state index in [2.05, 4.69) is 39.8 Å². The second kappa shape index (κ2) is 8.01. The number of hydrogen-bond donors (Lipinski definition) is 2. The third-order valence-electron chi connectivity index (χ3n) is 5.89. The molecule has 0 unspecified atom stereocenters. The van der Waals surface area contributed by atoms with E-state index < -0.39 is 0 Å². The van der Waals surface area contributed by atoms with Gasteiger partial charge in [0, 0.05) is 37.2 Å². The number of likely N-dealkylation sites (tertiary alicyclic amines) is 1. The van der Waals surface area contributed by atoms with Crippen molar-refractivity contribution in [2.75, 3.05) is 13.6 Å². The summed E-state index contributed by atoms with van der Waals surface area (Å²) in [5.74, 6) is 0.127. The van der Waals surface area contributed by atoms with Crippen LogP contribution < -0.4 is 10.6 Å². The number of carbonyl (C=O) groups is 1. The summed E-state index contributed by atoms with van der Waals surface area (Å²) in [5, 5.41) is 7.25. The number of rotatable bonds is 5. The van der Waals surface area contributed by atoms with Gasteiger partial charge in [0.25, 0.3) is 0 Å². The van der Waals surface area contributed by atoms with Crippen LogP contribution in [0.25, 0.3) is 0 Å². The molecule has 2 aliphatic rings. The van der Waals surface area contributed by atoms with Crippen LogP contribution in [-0.4, -0.2) is 42.5 Å². The van der Waals surface area contributed by atoms with Crippen LogP contribution in [-0.2, 0) is 24.2 Å². The van der Waals surface area contributed by atoms with Crippen molar-refractivity contribution in [2.45, 2.75) is 43.9 Å². The van der Waals surface area contributed by atoms with E-state index in [4.69, 9.17) is 11.6 Å². The molecule has 2 N–H and O–H groups in total. The van der Waals surface area contributed by atoms with Crippen LogP contribution >= 0.6 is 11.6 Å². The third kappa shape index (κ3) is 4.03. The Labute approximate surface area is 165 Å². The van der Waals surface area contributed by atoms with Gasteiger partial charge in [0.15, 0.2) is 0 Å². The highest BCUT2D eigenvalue weighted by molar-refractivity contribution is 6.30. The van der Waals surface area contributed by atoms with Crippen molar-refractivity contribution in [3.05, 3.63) is 70.2 Å². The number of nitrogens with one attached hydrogen (secondary N) is 2. The fourth-order valence-corrected chi connectivity index (χ4v) is 4.60. The van der Waals surface area contributed by atoms with Crippen molar-refractivity contribution in [1.82, 2.24) is 15.5 Å². The molecule has 1 amide bonds. The largest absolute Gasteiger partial charge is 0.358 e. The van der Waals surface area contributed by atoms with E-state index >= 15 is 0 Å². The van der Waals surface area contributed by atoms with Crippen molar-refractivity contribution >= 4 is 17.5 Å². The van der Waals surface area contributed by atoms with Crippen LogP contribution in [0.3, 0.4) is 0 Å². The molecule has 0 aromatic heterocycles. The van der Waals surface area contributed by atoms with Gasteiger partial charge in [-0.3, -0.25) is 9.69 Å². The number of fused-ring (bicyclic) bond motifs is 1. The second-order valence-electron chi connectivity index (χ2n) is 7.60. The molecule has 1 aliphatic heterocycles. The average molecular weight is 384 g/mol. The zero-order chi connectivity index (χ0) is 18.8. The van der Waals surface area contributed by atoms with E-state index in [1.807, 2.05) is 24.3 Å². The van der Waals surface area contributed by atoms with Crippen LogP contribution in [0.1, 0.15) is 23.1 Å². The number of amides is 1. The molecule has 1 aliphatic carbocycles. The zero-order valence-corrected chi connectivity index (χ0v) is 16.4. The molecule has 4 rings (SSSR count). The Kier molecular flexibility index (Phi) is 5.48. The fraction of sp³-hybridized carbons (Fsp3) is 0.409. The molecular weight excluding hydrogens is 358 g/mol. The fourth-order valence-electron chi connectivity index (χ4n) is 4.47. The van der Waals surface area contributed by atoms with Gasteiger partial charge in [-0.25, -0.2) is 0 Å². The Bertz CT molecular complexity index is 782. The first kappa shape index (κ1) is 18.5. The normalized spacial score (nSPS) is 22.7. The summed E-state index contributed by atoms with van der Waals surface area (Å²) in [5.41, 5.74) is 4.06. The Morgan fingerprint density at radius 1 is 1.11 bits per heavy atom. The predicted octanol–water partition coefficient (Wildman–Crippen LogP) is 2.79. The summed E-state index contributed by atoms with van der Waals surface area (Å²) in [4.78, 5) is 14.9. The average Bonchev–Trinajstić information content (AvgIpc) is 3.31. The molecule has 1 heterocycles. The number of likely N-dealkylation sites (N-methyl/N-ethyl adjacent to an activating group) is 1. The van der Waals surface area contributed by atoms with Crippen molar-refractivity contribution in [3.63, 3.8) is 0 Å². The SMILES string of the molecule is CNC(=O)[C@@H]1C[C@H](NCc2ccc(Cl)cc2)CN1C1Cc2ccccc2C1. The lowest BCUT2D eigenvalue weighted by Gasteiger charge is -2.29. The first-order chi connectivity index (χ1) is 13.1. The first-order valence-corrected chi connectivity index (χ1v) is 10.0. The zero-order valence-electron chi connectivity index (χ0n) is 15.6. The lowest BCUT2D eigenvalue weighted by molar-refractivity contribution is -0.125. The molecule has 2 aromatic carbocycles. The van der Waals surface area contributed by atoms with E-state index in [1.165, 1.54) is 16.7 Å². The smallest absolute Gasteiger partial charge is 0.237 e. The van der Waals surface area contributed by atoms with E-state index in [-0.39, 0.29) is 11.9 Å². The van der Waals surface area contributed by atoms with E-state index in [0.29, 0.717) is 12.1 Å². The standard InChI is InChI=1S/C22H26ClN3O/c1-24-22(27)21-12-19(25-13-15-6-8-18(23)9-7-15)14-26(21)20-10-16-4-2-3-5-17(16)11-20/h2-9,19-21,25H,10-14H2,1H3,(H,24,27)/t19-,21-/m0/s1. The topological polar surface area (TPSA) is 44.4 Å². The highest BCUT2D eigenvalue weighted by Gasteiger charge is 2.41. The molecule has 27 heavy (non-hydrogen) atoms. The van der Waals surface area contributed by atoms with Gasteiger partial charge >= 0.3 is 0 Å². The lowest BCUT2D eigenvalue weighted by atomic mass is 10.1. The van der Waals surface area contributed by atoms with Gasteiger partial charge in [0.2, 0.25) is 5.91 Å². The summed E-state index contributed by atoms with van der Waals surface area (Å²) in [6.45, 7) is 1.70. The second-order valence-corrected chi connectivity index (χ2v) is 8.03. The molecule has 0 saturated carbocycles. The Hall–Kier alpha value is -1.88. The molecule has 4 nitrogen and oxygen atoms in total. The monoisotopic (exact) mass is 383 g/mol. The van der Waals surface area contributed by atoms with Crippen LogP contribution in [0.2, 0.25) is 5.02 Å². The van der Waals surface area contributed by atoms with Gasteiger partial charge in [0.1, 0.15) is 0 Å². The molecule has 1 fully saturated rings. The van der Waals surface area contributed by atoms with Gasteiger partial charge in [-0.1, -0.05) is 48.0 Å². The van der Waals surface area contributed by atoms with Crippen LogP contribution in [0.5, 0.6) is 0 Å². The molecule has 0 radical (unpaired) electrons. The maximum atomic E-state index is 12.5. The van der Waals surface area contributed by atoms with Gasteiger partial charge in [-0.15, -0.1) is 0 Å². The molecule has 0 spiro atoms. The van der Waals surface area contributed by atoms with E-state index in [0.717, 1.165) is 37.4 Å². The minimum atomic E-state index is -0.0583. The van der Waals surface area contributed by atoms with Gasteiger partial charge in [-0.05, 0) is 48.1 Å². The highest BCUT2D eigenvalue weighted by atomic mass is 35.5. The summed E-state index contributed by atoms with van der Waals surface area (Å²) in [6, 6.07) is 17.3. The summed E-state index contributed by atoms with van der Waals surface area (Å²) in [6.07, 6.45) is 2.92.